The first-order valence-electron chi connectivity index (χ1n) is 7.23. The van der Waals surface area contributed by atoms with Crippen molar-refractivity contribution in [1.29, 1.82) is 0 Å². The number of anilines is 1. The largest absolute Gasteiger partial charge is 0.274 e. The van der Waals surface area contributed by atoms with Crippen LogP contribution >= 0.6 is 0 Å². The Kier molecular flexibility index (Phi) is 1.82. The average Bonchev–Trinajstić information content (AvgIpc) is 3.25. The van der Waals surface area contributed by atoms with Gasteiger partial charge in [0.15, 0.2) is 0 Å². The maximum atomic E-state index is 12.8. The number of amides is 2. The molecule has 4 heteroatoms. The predicted octanol–water partition coefficient (Wildman–Crippen LogP) is 1.64. The molecule has 2 amide bonds. The van der Waals surface area contributed by atoms with Crippen LogP contribution < -0.4 is 4.90 Å². The Hall–Kier alpha value is -1.97. The van der Waals surface area contributed by atoms with Crippen LogP contribution in [0.5, 0.6) is 0 Å². The minimum atomic E-state index is -0.116. The Morgan fingerprint density at radius 3 is 2.05 bits per heavy atom. The van der Waals surface area contributed by atoms with E-state index in [1.54, 1.807) is 24.5 Å². The van der Waals surface area contributed by atoms with Crippen LogP contribution in [-0.4, -0.2) is 16.8 Å². The summed E-state index contributed by atoms with van der Waals surface area (Å²) in [5.74, 6) is 1.65. The van der Waals surface area contributed by atoms with Gasteiger partial charge in [0.1, 0.15) is 0 Å². The van der Waals surface area contributed by atoms with Crippen LogP contribution in [0.2, 0.25) is 0 Å². The normalized spacial score (nSPS) is 43.7. The first kappa shape index (κ1) is 10.8. The van der Waals surface area contributed by atoms with E-state index in [9.17, 15) is 9.59 Å². The fraction of sp³-hybridized carbons (Fsp3) is 0.438. The van der Waals surface area contributed by atoms with E-state index < -0.39 is 0 Å². The molecule has 0 unspecified atom stereocenters. The van der Waals surface area contributed by atoms with E-state index in [0.717, 1.165) is 0 Å². The number of imide groups is 1. The van der Waals surface area contributed by atoms with Crippen molar-refractivity contribution in [3.8, 4) is 0 Å². The Bertz CT molecular complexity index is 618. The summed E-state index contributed by atoms with van der Waals surface area (Å²) in [6.45, 7) is 0. The molecule has 0 N–H and O–H groups in total. The van der Waals surface area contributed by atoms with Crippen LogP contribution in [0.25, 0.3) is 0 Å². The van der Waals surface area contributed by atoms with Crippen LogP contribution in [0.3, 0.4) is 0 Å². The molecule has 6 rings (SSSR count). The molecule has 100 valence electrons. The van der Waals surface area contributed by atoms with Gasteiger partial charge in [-0.2, -0.15) is 0 Å². The van der Waals surface area contributed by atoms with Gasteiger partial charge in [-0.3, -0.25) is 14.6 Å². The van der Waals surface area contributed by atoms with E-state index in [-0.39, 0.29) is 23.7 Å². The summed E-state index contributed by atoms with van der Waals surface area (Å²) >= 11 is 0. The highest BCUT2D eigenvalue weighted by molar-refractivity contribution is 6.22. The van der Waals surface area contributed by atoms with Crippen molar-refractivity contribution in [2.24, 2.45) is 35.5 Å². The second-order valence-corrected chi connectivity index (χ2v) is 6.37. The fourth-order valence-electron chi connectivity index (χ4n) is 4.70. The molecule has 2 heterocycles. The lowest BCUT2D eigenvalue weighted by Crippen LogP contribution is -2.40. The van der Waals surface area contributed by atoms with E-state index in [2.05, 4.69) is 17.1 Å². The third-order valence-electron chi connectivity index (χ3n) is 5.58. The Morgan fingerprint density at radius 1 is 0.950 bits per heavy atom. The molecule has 1 aliphatic heterocycles. The van der Waals surface area contributed by atoms with E-state index >= 15 is 0 Å². The molecule has 0 radical (unpaired) electrons. The monoisotopic (exact) mass is 266 g/mol. The third-order valence-corrected chi connectivity index (χ3v) is 5.58. The van der Waals surface area contributed by atoms with Crippen LogP contribution in [0.15, 0.2) is 36.7 Å². The second-order valence-electron chi connectivity index (χ2n) is 6.37. The van der Waals surface area contributed by atoms with Crippen LogP contribution in [0.4, 0.5) is 5.69 Å². The quantitative estimate of drug-likeness (QED) is 0.573. The van der Waals surface area contributed by atoms with E-state index in [1.807, 2.05) is 0 Å². The molecule has 3 fully saturated rings. The van der Waals surface area contributed by atoms with Crippen molar-refractivity contribution in [3.63, 3.8) is 0 Å². The standard InChI is InChI=1S/C16H14N2O2/c19-15-13-9-1-2-10(12-7-11(9)12)14(13)16(20)18(15)8-3-5-17-6-4-8/h1-6,9-14H,7H2/t9-,10-,11-,12+,13+,14+/m0/s1. The highest BCUT2D eigenvalue weighted by Crippen LogP contribution is 2.65. The molecule has 0 spiro atoms. The Labute approximate surface area is 116 Å². The third kappa shape index (κ3) is 1.11. The summed E-state index contributed by atoms with van der Waals surface area (Å²) < 4.78 is 0. The number of hydrogen-bond donors (Lipinski definition) is 0. The van der Waals surface area contributed by atoms with E-state index in [0.29, 0.717) is 29.4 Å². The topological polar surface area (TPSA) is 50.3 Å². The van der Waals surface area contributed by atoms with Crippen molar-refractivity contribution in [2.45, 2.75) is 6.42 Å². The van der Waals surface area contributed by atoms with Gasteiger partial charge in [-0.25, -0.2) is 4.90 Å². The van der Waals surface area contributed by atoms with Crippen molar-refractivity contribution in [3.05, 3.63) is 36.7 Å². The van der Waals surface area contributed by atoms with Crippen molar-refractivity contribution >= 4 is 17.5 Å². The molecule has 1 aromatic heterocycles. The van der Waals surface area contributed by atoms with Gasteiger partial charge < -0.3 is 0 Å². The van der Waals surface area contributed by atoms with Gasteiger partial charge in [-0.15, -0.1) is 0 Å². The smallest absolute Gasteiger partial charge is 0.238 e. The molecule has 20 heavy (non-hydrogen) atoms. The zero-order chi connectivity index (χ0) is 13.4. The number of nitrogens with zero attached hydrogens (tertiary/aromatic N) is 2. The Balaban J connectivity index is 1.61. The van der Waals surface area contributed by atoms with Gasteiger partial charge in [-0.1, -0.05) is 12.2 Å². The van der Waals surface area contributed by atoms with Crippen LogP contribution in [0, 0.1) is 35.5 Å². The van der Waals surface area contributed by atoms with Gasteiger partial charge >= 0.3 is 0 Å². The number of carbonyl (C=O) groups is 2. The van der Waals surface area contributed by atoms with Crippen molar-refractivity contribution in [2.75, 3.05) is 4.90 Å². The zero-order valence-corrected chi connectivity index (χ0v) is 10.8. The number of pyridine rings is 1. The molecular weight excluding hydrogens is 252 g/mol. The highest BCUT2D eigenvalue weighted by atomic mass is 16.2. The number of hydrogen-bond acceptors (Lipinski definition) is 3. The summed E-state index contributed by atoms with van der Waals surface area (Å²) in [6.07, 6.45) is 8.85. The number of rotatable bonds is 1. The number of allylic oxidation sites excluding steroid dienone is 2. The fourth-order valence-corrected chi connectivity index (χ4v) is 4.70. The first-order chi connectivity index (χ1) is 9.77. The summed E-state index contributed by atoms with van der Waals surface area (Å²) in [5.41, 5.74) is 0.664. The van der Waals surface area contributed by atoms with Gasteiger partial charge in [0.05, 0.1) is 17.5 Å². The number of aromatic nitrogens is 1. The van der Waals surface area contributed by atoms with Gasteiger partial charge in [0.25, 0.3) is 0 Å². The summed E-state index contributed by atoms with van der Waals surface area (Å²) in [4.78, 5) is 30.9. The lowest BCUT2D eigenvalue weighted by atomic mass is 9.63. The predicted molar refractivity (Wildman–Crippen MR) is 71.4 cm³/mol. The molecule has 1 saturated heterocycles. The average molecular weight is 266 g/mol. The van der Waals surface area contributed by atoms with Crippen LogP contribution in [-0.2, 0) is 9.59 Å². The second kappa shape index (κ2) is 3.37. The molecular formula is C16H14N2O2. The van der Waals surface area contributed by atoms with Gasteiger partial charge in [0.2, 0.25) is 11.8 Å². The van der Waals surface area contributed by atoms with Gasteiger partial charge in [0, 0.05) is 12.4 Å². The molecule has 5 aliphatic rings. The van der Waals surface area contributed by atoms with Crippen molar-refractivity contribution in [1.82, 2.24) is 4.98 Å². The summed E-state index contributed by atoms with van der Waals surface area (Å²) in [7, 11) is 0. The lowest BCUT2D eigenvalue weighted by Gasteiger charge is -2.37. The molecule has 6 atom stereocenters. The number of carbonyl (C=O) groups excluding carboxylic acids is 2. The zero-order valence-electron chi connectivity index (χ0n) is 10.8. The molecule has 1 aromatic rings. The van der Waals surface area contributed by atoms with E-state index in [1.165, 1.54) is 11.3 Å². The SMILES string of the molecule is O=C1[C@@H]2[C@H]3C=C[C@@H]([C@@H]4C[C@H]34)[C@H]2C(=O)N1c1ccncc1. The first-order valence-corrected chi connectivity index (χ1v) is 7.23. The lowest BCUT2D eigenvalue weighted by molar-refractivity contribution is -0.124. The maximum absolute atomic E-state index is 12.8. The minimum Gasteiger partial charge on any atom is -0.274 e. The van der Waals surface area contributed by atoms with Gasteiger partial charge in [-0.05, 0) is 42.2 Å². The minimum absolute atomic E-state index is 0.00380. The van der Waals surface area contributed by atoms with Crippen molar-refractivity contribution < 1.29 is 9.59 Å². The molecule has 0 aromatic carbocycles. The van der Waals surface area contributed by atoms with E-state index in [4.69, 9.17) is 0 Å². The molecule has 2 saturated carbocycles. The highest BCUT2D eigenvalue weighted by Gasteiger charge is 2.67. The molecule has 4 aliphatic carbocycles. The molecule has 4 nitrogen and oxygen atoms in total. The Morgan fingerprint density at radius 2 is 1.50 bits per heavy atom. The van der Waals surface area contributed by atoms with Crippen LogP contribution in [0.1, 0.15) is 6.42 Å². The summed E-state index contributed by atoms with van der Waals surface area (Å²) in [5, 5.41) is 0. The molecule has 2 bridgehead atoms. The summed E-state index contributed by atoms with van der Waals surface area (Å²) in [6, 6.07) is 3.48. The maximum Gasteiger partial charge on any atom is 0.238 e.